The second kappa shape index (κ2) is 4.97. The standard InChI is InChI=1S/C14H15NO2/c15-12(9-14(16)17)8-11-6-3-5-10-4-1-2-7-13(10)11/h1-7,12H,8-9,15H2,(H,16,17). The Labute approximate surface area is 99.9 Å². The molecule has 0 aliphatic heterocycles. The van der Waals surface area contributed by atoms with Gasteiger partial charge in [-0.2, -0.15) is 0 Å². The zero-order chi connectivity index (χ0) is 12.3. The van der Waals surface area contributed by atoms with Gasteiger partial charge in [0.25, 0.3) is 0 Å². The van der Waals surface area contributed by atoms with E-state index in [2.05, 4.69) is 0 Å². The number of carbonyl (C=O) groups is 1. The van der Waals surface area contributed by atoms with Gasteiger partial charge >= 0.3 is 5.97 Å². The highest BCUT2D eigenvalue weighted by molar-refractivity contribution is 5.85. The van der Waals surface area contributed by atoms with Crippen LogP contribution < -0.4 is 5.73 Å². The lowest BCUT2D eigenvalue weighted by Crippen LogP contribution is -2.26. The van der Waals surface area contributed by atoms with Crippen LogP contribution in [0.1, 0.15) is 12.0 Å². The van der Waals surface area contributed by atoms with Gasteiger partial charge < -0.3 is 10.8 Å². The summed E-state index contributed by atoms with van der Waals surface area (Å²) in [5.74, 6) is -0.849. The summed E-state index contributed by atoms with van der Waals surface area (Å²) in [4.78, 5) is 10.6. The summed E-state index contributed by atoms with van der Waals surface area (Å²) < 4.78 is 0. The minimum atomic E-state index is -0.849. The van der Waals surface area contributed by atoms with E-state index in [0.717, 1.165) is 16.3 Å². The van der Waals surface area contributed by atoms with Crippen molar-refractivity contribution in [2.24, 2.45) is 5.73 Å². The van der Waals surface area contributed by atoms with Crippen LogP contribution in [0.4, 0.5) is 0 Å². The van der Waals surface area contributed by atoms with E-state index in [9.17, 15) is 4.79 Å². The Bertz CT molecular complexity index is 531. The Morgan fingerprint density at radius 3 is 2.65 bits per heavy atom. The predicted molar refractivity (Wildman–Crippen MR) is 67.9 cm³/mol. The van der Waals surface area contributed by atoms with Gasteiger partial charge in [0, 0.05) is 6.04 Å². The van der Waals surface area contributed by atoms with Crippen molar-refractivity contribution in [3.63, 3.8) is 0 Å². The summed E-state index contributed by atoms with van der Waals surface area (Å²) in [5, 5.41) is 11.0. The maximum Gasteiger partial charge on any atom is 0.304 e. The second-order valence-electron chi connectivity index (χ2n) is 4.20. The highest BCUT2D eigenvalue weighted by atomic mass is 16.4. The van der Waals surface area contributed by atoms with Gasteiger partial charge in [0.15, 0.2) is 0 Å². The zero-order valence-electron chi connectivity index (χ0n) is 9.47. The lowest BCUT2D eigenvalue weighted by atomic mass is 9.98. The number of hydrogen-bond acceptors (Lipinski definition) is 2. The average molecular weight is 229 g/mol. The Morgan fingerprint density at radius 1 is 1.18 bits per heavy atom. The number of hydrogen-bond donors (Lipinski definition) is 2. The monoisotopic (exact) mass is 229 g/mol. The fraction of sp³-hybridized carbons (Fsp3) is 0.214. The van der Waals surface area contributed by atoms with Gasteiger partial charge in [-0.15, -0.1) is 0 Å². The van der Waals surface area contributed by atoms with E-state index in [4.69, 9.17) is 10.8 Å². The van der Waals surface area contributed by atoms with Gasteiger partial charge in [-0.3, -0.25) is 4.79 Å². The fourth-order valence-corrected chi connectivity index (χ4v) is 2.05. The van der Waals surface area contributed by atoms with Crippen LogP contribution in [0.15, 0.2) is 42.5 Å². The van der Waals surface area contributed by atoms with Crippen molar-refractivity contribution in [1.29, 1.82) is 0 Å². The molecule has 0 saturated heterocycles. The van der Waals surface area contributed by atoms with Crippen molar-refractivity contribution in [2.75, 3.05) is 0 Å². The van der Waals surface area contributed by atoms with E-state index in [0.29, 0.717) is 6.42 Å². The largest absolute Gasteiger partial charge is 0.481 e. The number of carboxylic acids is 1. The summed E-state index contributed by atoms with van der Waals surface area (Å²) >= 11 is 0. The quantitative estimate of drug-likeness (QED) is 0.844. The number of nitrogens with two attached hydrogens (primary N) is 1. The van der Waals surface area contributed by atoms with Gasteiger partial charge in [-0.1, -0.05) is 42.5 Å². The molecule has 0 aliphatic carbocycles. The molecule has 0 saturated carbocycles. The first kappa shape index (κ1) is 11.6. The van der Waals surface area contributed by atoms with Crippen LogP contribution in [0, 0.1) is 0 Å². The second-order valence-corrected chi connectivity index (χ2v) is 4.20. The molecule has 0 spiro atoms. The van der Waals surface area contributed by atoms with Crippen LogP contribution in [0.25, 0.3) is 10.8 Å². The molecule has 1 unspecified atom stereocenters. The molecule has 0 aromatic heterocycles. The molecule has 3 N–H and O–H groups in total. The topological polar surface area (TPSA) is 63.3 Å². The molecule has 2 aromatic rings. The third-order valence-electron chi connectivity index (χ3n) is 2.80. The van der Waals surface area contributed by atoms with Crippen LogP contribution in [0.3, 0.4) is 0 Å². The molecule has 3 heteroatoms. The van der Waals surface area contributed by atoms with Gasteiger partial charge in [0.1, 0.15) is 0 Å². The summed E-state index contributed by atoms with van der Waals surface area (Å²) in [6.07, 6.45) is 0.594. The first-order valence-electron chi connectivity index (χ1n) is 5.61. The van der Waals surface area contributed by atoms with Crippen molar-refractivity contribution in [2.45, 2.75) is 18.9 Å². The van der Waals surface area contributed by atoms with E-state index in [1.165, 1.54) is 0 Å². The smallest absolute Gasteiger partial charge is 0.304 e. The SMILES string of the molecule is NC(CC(=O)O)Cc1cccc2ccccc12. The molecule has 1 atom stereocenters. The molecule has 2 rings (SSSR count). The van der Waals surface area contributed by atoms with E-state index >= 15 is 0 Å². The lowest BCUT2D eigenvalue weighted by molar-refractivity contribution is -0.137. The molecule has 0 aliphatic rings. The van der Waals surface area contributed by atoms with Crippen molar-refractivity contribution in [3.05, 3.63) is 48.0 Å². The average Bonchev–Trinajstić information content (AvgIpc) is 2.28. The van der Waals surface area contributed by atoms with Crippen LogP contribution >= 0.6 is 0 Å². The molecule has 0 bridgehead atoms. The van der Waals surface area contributed by atoms with Gasteiger partial charge in [0.2, 0.25) is 0 Å². The Balaban J connectivity index is 2.26. The summed E-state index contributed by atoms with van der Waals surface area (Å²) in [5.41, 5.74) is 6.93. The van der Waals surface area contributed by atoms with Crippen molar-refractivity contribution in [3.8, 4) is 0 Å². The van der Waals surface area contributed by atoms with Crippen molar-refractivity contribution < 1.29 is 9.90 Å². The van der Waals surface area contributed by atoms with Gasteiger partial charge in [-0.25, -0.2) is 0 Å². The molecular weight excluding hydrogens is 214 g/mol. The first-order valence-corrected chi connectivity index (χ1v) is 5.61. The minimum Gasteiger partial charge on any atom is -0.481 e. The molecule has 0 radical (unpaired) electrons. The van der Waals surface area contributed by atoms with Crippen LogP contribution in [-0.2, 0) is 11.2 Å². The molecule has 0 fully saturated rings. The van der Waals surface area contributed by atoms with Crippen LogP contribution in [0.5, 0.6) is 0 Å². The molecule has 88 valence electrons. The normalized spacial score (nSPS) is 12.5. The van der Waals surface area contributed by atoms with Crippen LogP contribution in [0.2, 0.25) is 0 Å². The highest BCUT2D eigenvalue weighted by Crippen LogP contribution is 2.19. The maximum absolute atomic E-state index is 10.6. The number of benzene rings is 2. The Kier molecular flexibility index (Phi) is 3.40. The van der Waals surface area contributed by atoms with E-state index in [1.54, 1.807) is 0 Å². The van der Waals surface area contributed by atoms with Gasteiger partial charge in [0.05, 0.1) is 6.42 Å². The molecular formula is C14H15NO2. The zero-order valence-corrected chi connectivity index (χ0v) is 9.47. The molecule has 0 amide bonds. The molecule has 2 aromatic carbocycles. The Morgan fingerprint density at radius 2 is 1.88 bits per heavy atom. The highest BCUT2D eigenvalue weighted by Gasteiger charge is 2.10. The van der Waals surface area contributed by atoms with Crippen LogP contribution in [-0.4, -0.2) is 17.1 Å². The summed E-state index contributed by atoms with van der Waals surface area (Å²) in [6, 6.07) is 13.7. The number of fused-ring (bicyclic) bond motifs is 1. The number of rotatable bonds is 4. The first-order chi connectivity index (χ1) is 8.16. The third kappa shape index (κ3) is 2.82. The van der Waals surface area contributed by atoms with Crippen molar-refractivity contribution in [1.82, 2.24) is 0 Å². The molecule has 0 heterocycles. The summed E-state index contributed by atoms with van der Waals surface area (Å²) in [7, 11) is 0. The van der Waals surface area contributed by atoms with E-state index in [1.807, 2.05) is 42.5 Å². The lowest BCUT2D eigenvalue weighted by Gasteiger charge is -2.11. The van der Waals surface area contributed by atoms with Gasteiger partial charge in [-0.05, 0) is 22.8 Å². The third-order valence-corrected chi connectivity index (χ3v) is 2.80. The van der Waals surface area contributed by atoms with E-state index < -0.39 is 5.97 Å². The van der Waals surface area contributed by atoms with E-state index in [-0.39, 0.29) is 12.5 Å². The number of aliphatic carboxylic acids is 1. The summed E-state index contributed by atoms with van der Waals surface area (Å²) in [6.45, 7) is 0. The molecule has 17 heavy (non-hydrogen) atoms. The Hall–Kier alpha value is -1.87. The number of carboxylic acid groups (broad SMARTS) is 1. The fourth-order valence-electron chi connectivity index (χ4n) is 2.05. The molecule has 3 nitrogen and oxygen atoms in total. The minimum absolute atomic E-state index is 0.00320. The maximum atomic E-state index is 10.6. The predicted octanol–water partition coefficient (Wildman–Crippen LogP) is 2.18. The van der Waals surface area contributed by atoms with Crippen molar-refractivity contribution >= 4 is 16.7 Å².